The normalized spacial score (nSPS) is 27.6. The zero-order valence-electron chi connectivity index (χ0n) is 26.8. The molecule has 0 bridgehead atoms. The molecule has 6 unspecified atom stereocenters. The lowest BCUT2D eigenvalue weighted by atomic mass is 9.49. The van der Waals surface area contributed by atoms with E-state index in [-0.39, 0.29) is 35.8 Å². The number of aryl methyl sites for hydroxylation is 2. The maximum atomic E-state index is 15.3. The smallest absolute Gasteiger partial charge is 0.246 e. The molecule has 2 aliphatic carbocycles. The van der Waals surface area contributed by atoms with Crippen molar-refractivity contribution in [3.8, 4) is 5.75 Å². The van der Waals surface area contributed by atoms with E-state index < -0.39 is 35.0 Å². The van der Waals surface area contributed by atoms with Crippen LogP contribution >= 0.6 is 23.2 Å². The first-order chi connectivity index (χ1) is 23.5. The van der Waals surface area contributed by atoms with Gasteiger partial charge in [0.1, 0.15) is 5.75 Å². The summed E-state index contributed by atoms with van der Waals surface area (Å²) in [5, 5.41) is 11.4. The van der Waals surface area contributed by atoms with E-state index in [0.29, 0.717) is 39.0 Å². The molecule has 4 amide bonds. The molecule has 4 aromatic carbocycles. The number of amides is 4. The summed E-state index contributed by atoms with van der Waals surface area (Å²) in [5.41, 5.74) is 3.14. The second-order valence-electron chi connectivity index (χ2n) is 13.6. The highest BCUT2D eigenvalue weighted by atomic mass is 35.5. The molecule has 246 valence electrons. The summed E-state index contributed by atoms with van der Waals surface area (Å²) < 4.78 is 0. The number of hydrogen-bond donors (Lipinski definition) is 1. The summed E-state index contributed by atoms with van der Waals surface area (Å²) in [6, 6.07) is 26.5. The van der Waals surface area contributed by atoms with E-state index in [9.17, 15) is 19.5 Å². The van der Waals surface area contributed by atoms with Crippen LogP contribution in [0.1, 0.15) is 41.0 Å². The number of benzene rings is 4. The number of carbonyl (C=O) groups excluding carboxylic acids is 4. The van der Waals surface area contributed by atoms with Crippen LogP contribution in [0.15, 0.2) is 103 Å². The SMILES string of the molecule is Cc1cc(C2C3=CCC4C(=O)N(c5ccc(C)c(Cl)c5)C(=O)C4C3CC3C(=O)N(c4cccc(Cl)c4)C(=O)C32c2ccccc2)ccc1O. The molecule has 2 saturated heterocycles. The minimum absolute atomic E-state index is 0.109. The summed E-state index contributed by atoms with van der Waals surface area (Å²) in [4.78, 5) is 61.1. The van der Waals surface area contributed by atoms with Crippen LogP contribution in [-0.4, -0.2) is 28.7 Å². The molecule has 0 spiro atoms. The second-order valence-corrected chi connectivity index (χ2v) is 14.4. The van der Waals surface area contributed by atoms with E-state index in [1.54, 1.807) is 61.5 Å². The molecule has 3 fully saturated rings. The van der Waals surface area contributed by atoms with Gasteiger partial charge in [-0.15, -0.1) is 0 Å². The Labute approximate surface area is 293 Å². The molecule has 0 radical (unpaired) electrons. The minimum Gasteiger partial charge on any atom is -0.508 e. The Balaban J connectivity index is 1.35. The Bertz CT molecular complexity index is 2130. The minimum atomic E-state index is -1.38. The van der Waals surface area contributed by atoms with E-state index >= 15 is 4.79 Å². The van der Waals surface area contributed by atoms with Crippen molar-refractivity contribution < 1.29 is 24.3 Å². The summed E-state index contributed by atoms with van der Waals surface area (Å²) in [7, 11) is 0. The number of phenols is 1. The summed E-state index contributed by atoms with van der Waals surface area (Å²) in [6.45, 7) is 3.65. The van der Waals surface area contributed by atoms with Gasteiger partial charge in [0, 0.05) is 16.0 Å². The summed E-state index contributed by atoms with van der Waals surface area (Å²) >= 11 is 12.8. The first kappa shape index (κ1) is 31.5. The van der Waals surface area contributed by atoms with Crippen molar-refractivity contribution in [3.63, 3.8) is 0 Å². The van der Waals surface area contributed by atoms with Crippen LogP contribution in [-0.2, 0) is 24.6 Å². The van der Waals surface area contributed by atoms with E-state index in [1.165, 1.54) is 9.80 Å². The Morgan fingerprint density at radius 3 is 2.20 bits per heavy atom. The van der Waals surface area contributed by atoms with Crippen LogP contribution in [0.2, 0.25) is 10.0 Å². The average Bonchev–Trinajstić information content (AvgIpc) is 3.48. The lowest BCUT2D eigenvalue weighted by Crippen LogP contribution is -2.53. The number of allylic oxidation sites excluding steroid dienone is 2. The van der Waals surface area contributed by atoms with Gasteiger partial charge in [-0.3, -0.25) is 19.2 Å². The quantitative estimate of drug-likeness (QED) is 0.175. The van der Waals surface area contributed by atoms with Gasteiger partial charge >= 0.3 is 0 Å². The Kier molecular flexibility index (Phi) is 7.36. The van der Waals surface area contributed by atoms with Crippen molar-refractivity contribution in [2.45, 2.75) is 38.0 Å². The number of carbonyl (C=O) groups is 4. The van der Waals surface area contributed by atoms with Crippen LogP contribution in [0.3, 0.4) is 0 Å². The number of hydrogen-bond acceptors (Lipinski definition) is 5. The maximum absolute atomic E-state index is 15.3. The van der Waals surface area contributed by atoms with Gasteiger partial charge in [-0.25, -0.2) is 9.80 Å². The van der Waals surface area contributed by atoms with Crippen LogP contribution in [0.25, 0.3) is 0 Å². The fourth-order valence-corrected chi connectivity index (χ4v) is 9.31. The number of fused-ring (bicyclic) bond motifs is 4. The predicted octanol–water partition coefficient (Wildman–Crippen LogP) is 7.68. The van der Waals surface area contributed by atoms with Crippen molar-refractivity contribution in [1.29, 1.82) is 0 Å². The first-order valence-electron chi connectivity index (χ1n) is 16.4. The molecule has 9 heteroatoms. The van der Waals surface area contributed by atoms with Crippen LogP contribution in [0, 0.1) is 37.5 Å². The molecule has 1 N–H and O–H groups in total. The highest BCUT2D eigenvalue weighted by Crippen LogP contribution is 2.64. The third kappa shape index (κ3) is 4.48. The van der Waals surface area contributed by atoms with E-state index in [1.807, 2.05) is 49.4 Å². The fraction of sp³-hybridized carbons (Fsp3) is 0.250. The molecule has 1 saturated carbocycles. The van der Waals surface area contributed by atoms with Gasteiger partial charge in [0.25, 0.3) is 0 Å². The molecule has 4 aromatic rings. The van der Waals surface area contributed by atoms with Crippen molar-refractivity contribution in [3.05, 3.63) is 135 Å². The van der Waals surface area contributed by atoms with E-state index in [4.69, 9.17) is 23.2 Å². The van der Waals surface area contributed by atoms with Crippen LogP contribution in [0.5, 0.6) is 5.75 Å². The number of imide groups is 2. The number of halogens is 2. The Morgan fingerprint density at radius 2 is 1.49 bits per heavy atom. The predicted molar refractivity (Wildman–Crippen MR) is 188 cm³/mol. The van der Waals surface area contributed by atoms with Crippen LogP contribution < -0.4 is 9.80 Å². The van der Waals surface area contributed by atoms with Crippen molar-refractivity contribution in [1.82, 2.24) is 0 Å². The molecule has 7 nitrogen and oxygen atoms in total. The number of nitrogens with zero attached hydrogens (tertiary/aromatic N) is 2. The molecule has 2 heterocycles. The average molecular weight is 692 g/mol. The van der Waals surface area contributed by atoms with Crippen molar-refractivity contribution in [2.24, 2.45) is 23.7 Å². The molecular formula is C40H32Cl2N2O5. The molecule has 49 heavy (non-hydrogen) atoms. The molecule has 6 atom stereocenters. The third-order valence-corrected chi connectivity index (χ3v) is 11.8. The monoisotopic (exact) mass is 690 g/mol. The lowest BCUT2D eigenvalue weighted by Gasteiger charge is -2.50. The van der Waals surface area contributed by atoms with Gasteiger partial charge in [-0.2, -0.15) is 0 Å². The summed E-state index contributed by atoms with van der Waals surface area (Å²) in [5.74, 6) is -4.67. The fourth-order valence-electron chi connectivity index (χ4n) is 8.95. The number of phenolic OH excluding ortho intramolecular Hbond substituents is 1. The second kappa shape index (κ2) is 11.4. The third-order valence-electron chi connectivity index (χ3n) is 11.1. The van der Waals surface area contributed by atoms with Gasteiger partial charge in [-0.05, 0) is 91.3 Å². The highest BCUT2D eigenvalue weighted by Gasteiger charge is 2.70. The maximum Gasteiger partial charge on any atom is 0.246 e. The van der Waals surface area contributed by atoms with Gasteiger partial charge in [-0.1, -0.05) is 89.4 Å². The standard InChI is InChI=1S/C40H32Cl2N2O5/c1-21-11-13-27(19-32(21)42)43-36(46)29-15-14-28-30(34(29)38(43)48)20-31-37(47)44(26-10-6-9-25(41)18-26)39(49)40(31,24-7-4-3-5-8-24)35(28)23-12-16-33(45)22(2)17-23/h3-14,16-19,29-31,34-35,45H,15,20H2,1-2H3. The topological polar surface area (TPSA) is 95.0 Å². The molecule has 0 aromatic heterocycles. The zero-order chi connectivity index (χ0) is 34.4. The lowest BCUT2D eigenvalue weighted by molar-refractivity contribution is -0.127. The number of aromatic hydroxyl groups is 1. The Hall–Kier alpha value is -4.72. The number of rotatable bonds is 4. The largest absolute Gasteiger partial charge is 0.508 e. The molecule has 2 aliphatic heterocycles. The van der Waals surface area contributed by atoms with Crippen molar-refractivity contribution in [2.75, 3.05) is 9.80 Å². The summed E-state index contributed by atoms with van der Waals surface area (Å²) in [6.07, 6.45) is 2.52. The van der Waals surface area contributed by atoms with Gasteiger partial charge < -0.3 is 5.11 Å². The highest BCUT2D eigenvalue weighted by molar-refractivity contribution is 6.33. The van der Waals surface area contributed by atoms with Gasteiger partial charge in [0.05, 0.1) is 34.5 Å². The van der Waals surface area contributed by atoms with Crippen LogP contribution in [0.4, 0.5) is 11.4 Å². The molecular weight excluding hydrogens is 659 g/mol. The van der Waals surface area contributed by atoms with Gasteiger partial charge in [0.15, 0.2) is 0 Å². The first-order valence-corrected chi connectivity index (χ1v) is 17.1. The Morgan fingerprint density at radius 1 is 0.735 bits per heavy atom. The zero-order valence-corrected chi connectivity index (χ0v) is 28.3. The van der Waals surface area contributed by atoms with Crippen molar-refractivity contribution >= 4 is 58.2 Å². The van der Waals surface area contributed by atoms with E-state index in [2.05, 4.69) is 0 Å². The van der Waals surface area contributed by atoms with Gasteiger partial charge in [0.2, 0.25) is 23.6 Å². The molecule has 4 aliphatic rings. The molecule has 8 rings (SSSR count). The number of anilines is 2. The van der Waals surface area contributed by atoms with E-state index in [0.717, 1.165) is 16.7 Å².